The lowest BCUT2D eigenvalue weighted by atomic mass is 10.1. The number of carbonyl (C=O) groups excluding carboxylic acids is 1. The molecular weight excluding hydrogens is 307 g/mol. The van der Waals surface area contributed by atoms with Gasteiger partial charge in [-0.1, -0.05) is 18.2 Å². The molecule has 0 heterocycles. The summed E-state index contributed by atoms with van der Waals surface area (Å²) in [5.74, 6) is 0.235. The molecule has 0 aliphatic heterocycles. The number of amides is 1. The van der Waals surface area contributed by atoms with Crippen LogP contribution in [-0.4, -0.2) is 19.2 Å². The van der Waals surface area contributed by atoms with E-state index in [9.17, 15) is 18.0 Å². The van der Waals surface area contributed by atoms with Crippen LogP contribution in [0, 0.1) is 0 Å². The zero-order valence-electron chi connectivity index (χ0n) is 12.5. The minimum absolute atomic E-state index is 0.178. The van der Waals surface area contributed by atoms with Crippen LogP contribution in [0.1, 0.15) is 22.3 Å². The number of nitrogens with one attached hydrogen (secondary N) is 1. The maximum atomic E-state index is 12.4. The van der Waals surface area contributed by atoms with Crippen molar-refractivity contribution in [1.29, 1.82) is 0 Å². The molecule has 1 amide bonds. The molecule has 23 heavy (non-hydrogen) atoms. The van der Waals surface area contributed by atoms with Gasteiger partial charge in [-0.3, -0.25) is 4.79 Å². The largest absolute Gasteiger partial charge is 0.497 e. The molecule has 6 heteroatoms. The standard InChI is InChI=1S/C17H16F3NO2/c1-23-14-8-6-13(7-9-14)16(22)21-15-5-3-2-4-12(15)10-11-17(18,19)20/h2-9H,10-11H2,1H3,(H,21,22). The summed E-state index contributed by atoms with van der Waals surface area (Å²) < 4.78 is 42.1. The fourth-order valence-electron chi connectivity index (χ4n) is 2.07. The number of rotatable bonds is 5. The van der Waals surface area contributed by atoms with E-state index < -0.39 is 12.6 Å². The molecule has 0 aliphatic rings. The molecular formula is C17H16F3NO2. The third-order valence-corrected chi connectivity index (χ3v) is 3.30. The van der Waals surface area contributed by atoms with Gasteiger partial charge in [-0.15, -0.1) is 0 Å². The first kappa shape index (κ1) is 16.9. The van der Waals surface area contributed by atoms with E-state index in [0.29, 0.717) is 22.6 Å². The number of para-hydroxylation sites is 1. The van der Waals surface area contributed by atoms with Crippen molar-refractivity contribution in [1.82, 2.24) is 0 Å². The van der Waals surface area contributed by atoms with Gasteiger partial charge < -0.3 is 10.1 Å². The second kappa shape index (κ2) is 7.17. The van der Waals surface area contributed by atoms with Gasteiger partial charge >= 0.3 is 6.18 Å². The van der Waals surface area contributed by atoms with Gasteiger partial charge in [0, 0.05) is 17.7 Å². The summed E-state index contributed by atoms with van der Waals surface area (Å²) in [6.07, 6.45) is -5.34. The van der Waals surface area contributed by atoms with Crippen LogP contribution in [0.15, 0.2) is 48.5 Å². The van der Waals surface area contributed by atoms with Crippen LogP contribution in [0.3, 0.4) is 0 Å². The Kier molecular flexibility index (Phi) is 5.26. The topological polar surface area (TPSA) is 38.3 Å². The molecule has 2 aromatic carbocycles. The first-order valence-corrected chi connectivity index (χ1v) is 6.99. The number of ether oxygens (including phenoxy) is 1. The van der Waals surface area contributed by atoms with Crippen LogP contribution in [0.25, 0.3) is 0 Å². The van der Waals surface area contributed by atoms with E-state index in [1.54, 1.807) is 48.5 Å². The lowest BCUT2D eigenvalue weighted by molar-refractivity contribution is -0.133. The second-order valence-corrected chi connectivity index (χ2v) is 4.95. The van der Waals surface area contributed by atoms with Gasteiger partial charge in [0.05, 0.1) is 7.11 Å². The van der Waals surface area contributed by atoms with Crippen molar-refractivity contribution in [3.05, 3.63) is 59.7 Å². The van der Waals surface area contributed by atoms with Gasteiger partial charge in [-0.2, -0.15) is 13.2 Å². The molecule has 1 N–H and O–H groups in total. The minimum Gasteiger partial charge on any atom is -0.497 e. The number of halogens is 3. The number of aryl methyl sites for hydroxylation is 1. The van der Waals surface area contributed by atoms with Crippen molar-refractivity contribution in [3.8, 4) is 5.75 Å². The first-order chi connectivity index (χ1) is 10.9. The Labute approximate surface area is 132 Å². The highest BCUT2D eigenvalue weighted by Gasteiger charge is 2.27. The van der Waals surface area contributed by atoms with Crippen molar-refractivity contribution in [3.63, 3.8) is 0 Å². The molecule has 0 radical (unpaired) electrons. The zero-order valence-corrected chi connectivity index (χ0v) is 12.5. The molecule has 0 aromatic heterocycles. The van der Waals surface area contributed by atoms with Crippen molar-refractivity contribution in [2.24, 2.45) is 0 Å². The van der Waals surface area contributed by atoms with E-state index >= 15 is 0 Å². The molecule has 2 aromatic rings. The molecule has 0 aliphatic carbocycles. The third kappa shape index (κ3) is 5.02. The Bertz CT molecular complexity index is 666. The SMILES string of the molecule is COc1ccc(C(=O)Nc2ccccc2CCC(F)(F)F)cc1. The Morgan fingerprint density at radius 1 is 1.09 bits per heavy atom. The lowest BCUT2D eigenvalue weighted by Gasteiger charge is -2.12. The Balaban J connectivity index is 2.11. The molecule has 0 saturated carbocycles. The van der Waals surface area contributed by atoms with E-state index in [1.165, 1.54) is 7.11 Å². The van der Waals surface area contributed by atoms with Gasteiger partial charge in [0.25, 0.3) is 5.91 Å². The average molecular weight is 323 g/mol. The van der Waals surface area contributed by atoms with Crippen LogP contribution in [0.4, 0.5) is 18.9 Å². The maximum absolute atomic E-state index is 12.4. The molecule has 0 bridgehead atoms. The summed E-state index contributed by atoms with van der Waals surface area (Å²) in [6.45, 7) is 0. The first-order valence-electron chi connectivity index (χ1n) is 6.99. The van der Waals surface area contributed by atoms with Gasteiger partial charge in [0.15, 0.2) is 0 Å². The van der Waals surface area contributed by atoms with Gasteiger partial charge in [-0.05, 0) is 42.3 Å². The number of carbonyl (C=O) groups is 1. The van der Waals surface area contributed by atoms with Crippen molar-refractivity contribution in [2.45, 2.75) is 19.0 Å². The van der Waals surface area contributed by atoms with E-state index in [-0.39, 0.29) is 12.3 Å². The van der Waals surface area contributed by atoms with Crippen LogP contribution in [0.2, 0.25) is 0 Å². The van der Waals surface area contributed by atoms with E-state index in [1.807, 2.05) is 0 Å². The normalized spacial score (nSPS) is 11.1. The number of alkyl halides is 3. The minimum atomic E-state index is -4.23. The number of hydrogen-bond acceptors (Lipinski definition) is 2. The smallest absolute Gasteiger partial charge is 0.389 e. The predicted octanol–water partition coefficient (Wildman–Crippen LogP) is 4.44. The van der Waals surface area contributed by atoms with E-state index in [4.69, 9.17) is 4.74 Å². The van der Waals surface area contributed by atoms with E-state index in [0.717, 1.165) is 0 Å². The molecule has 0 atom stereocenters. The van der Waals surface area contributed by atoms with Gasteiger partial charge in [0.1, 0.15) is 5.75 Å². The molecule has 0 unspecified atom stereocenters. The highest BCUT2D eigenvalue weighted by molar-refractivity contribution is 6.04. The van der Waals surface area contributed by atoms with Crippen LogP contribution in [-0.2, 0) is 6.42 Å². The summed E-state index contributed by atoms with van der Waals surface area (Å²) in [5.41, 5.74) is 1.24. The molecule has 122 valence electrons. The highest BCUT2D eigenvalue weighted by Crippen LogP contribution is 2.25. The molecule has 3 nitrogen and oxygen atoms in total. The van der Waals surface area contributed by atoms with Crippen LogP contribution < -0.4 is 10.1 Å². The fraction of sp³-hybridized carbons (Fsp3) is 0.235. The van der Waals surface area contributed by atoms with Gasteiger partial charge in [0.2, 0.25) is 0 Å². The van der Waals surface area contributed by atoms with Gasteiger partial charge in [-0.25, -0.2) is 0 Å². The fourth-order valence-corrected chi connectivity index (χ4v) is 2.07. The number of hydrogen-bond donors (Lipinski definition) is 1. The Morgan fingerprint density at radius 3 is 2.35 bits per heavy atom. The van der Waals surface area contributed by atoms with Crippen molar-refractivity contribution >= 4 is 11.6 Å². The van der Waals surface area contributed by atoms with Crippen LogP contribution in [0.5, 0.6) is 5.75 Å². The Hall–Kier alpha value is -2.50. The van der Waals surface area contributed by atoms with Crippen LogP contribution >= 0.6 is 0 Å². The molecule has 0 spiro atoms. The quantitative estimate of drug-likeness (QED) is 0.883. The zero-order chi connectivity index (χ0) is 16.9. The monoisotopic (exact) mass is 323 g/mol. The second-order valence-electron chi connectivity index (χ2n) is 4.95. The summed E-state index contributed by atoms with van der Waals surface area (Å²) >= 11 is 0. The Morgan fingerprint density at radius 2 is 1.74 bits per heavy atom. The lowest BCUT2D eigenvalue weighted by Crippen LogP contribution is -2.14. The van der Waals surface area contributed by atoms with E-state index in [2.05, 4.69) is 5.32 Å². The number of methoxy groups -OCH3 is 1. The number of benzene rings is 2. The molecule has 0 fully saturated rings. The summed E-state index contributed by atoms with van der Waals surface area (Å²) in [7, 11) is 1.52. The summed E-state index contributed by atoms with van der Waals surface area (Å²) in [6, 6.07) is 13.0. The summed E-state index contributed by atoms with van der Waals surface area (Å²) in [5, 5.41) is 2.65. The van der Waals surface area contributed by atoms with Crippen molar-refractivity contribution < 1.29 is 22.7 Å². The van der Waals surface area contributed by atoms with Crippen molar-refractivity contribution in [2.75, 3.05) is 12.4 Å². The average Bonchev–Trinajstić information content (AvgIpc) is 2.53. The number of anilines is 1. The molecule has 0 saturated heterocycles. The maximum Gasteiger partial charge on any atom is 0.389 e. The highest BCUT2D eigenvalue weighted by atomic mass is 19.4. The third-order valence-electron chi connectivity index (χ3n) is 3.30. The molecule has 2 rings (SSSR count). The predicted molar refractivity (Wildman–Crippen MR) is 81.8 cm³/mol. The summed E-state index contributed by atoms with van der Waals surface area (Å²) in [4.78, 5) is 12.2.